The molecule has 3 aromatic rings. The lowest BCUT2D eigenvalue weighted by atomic mass is 9.90. The van der Waals surface area contributed by atoms with Gasteiger partial charge in [0.1, 0.15) is 24.6 Å². The maximum absolute atomic E-state index is 11.3. The quantitative estimate of drug-likeness (QED) is 0.446. The van der Waals surface area contributed by atoms with Crippen molar-refractivity contribution in [1.29, 1.82) is 0 Å². The summed E-state index contributed by atoms with van der Waals surface area (Å²) in [6.45, 7) is 8.79. The fourth-order valence-corrected chi connectivity index (χ4v) is 4.67. The second-order valence-corrected chi connectivity index (χ2v) is 9.85. The van der Waals surface area contributed by atoms with E-state index in [1.807, 2.05) is 68.2 Å². The van der Waals surface area contributed by atoms with E-state index in [4.69, 9.17) is 14.2 Å². The van der Waals surface area contributed by atoms with Gasteiger partial charge >= 0.3 is 0 Å². The van der Waals surface area contributed by atoms with Crippen LogP contribution in [0, 0.1) is 20.8 Å². The number of piperidine rings is 1. The van der Waals surface area contributed by atoms with E-state index < -0.39 is 11.7 Å². The Labute approximate surface area is 213 Å². The van der Waals surface area contributed by atoms with Crippen molar-refractivity contribution < 1.29 is 24.4 Å². The van der Waals surface area contributed by atoms with Gasteiger partial charge in [-0.05, 0) is 73.7 Å². The minimum absolute atomic E-state index is 0.0272. The molecule has 1 aliphatic rings. The molecule has 0 saturated carbocycles. The summed E-state index contributed by atoms with van der Waals surface area (Å²) >= 11 is 0. The molecule has 1 aliphatic heterocycles. The van der Waals surface area contributed by atoms with Crippen LogP contribution in [0.15, 0.2) is 48.8 Å². The van der Waals surface area contributed by atoms with E-state index in [0.717, 1.165) is 22.3 Å². The highest BCUT2D eigenvalue weighted by molar-refractivity contribution is 5.43. The van der Waals surface area contributed by atoms with Crippen LogP contribution < -0.4 is 14.2 Å². The zero-order valence-electron chi connectivity index (χ0n) is 21.6. The van der Waals surface area contributed by atoms with Crippen LogP contribution in [0.1, 0.15) is 28.7 Å². The van der Waals surface area contributed by atoms with Crippen molar-refractivity contribution in [3.05, 3.63) is 71.0 Å². The van der Waals surface area contributed by atoms with E-state index in [-0.39, 0.29) is 6.61 Å². The van der Waals surface area contributed by atoms with Gasteiger partial charge in [0.05, 0.1) is 26.0 Å². The van der Waals surface area contributed by atoms with Crippen LogP contribution in [0.25, 0.3) is 0 Å². The van der Waals surface area contributed by atoms with Crippen LogP contribution in [0.4, 0.5) is 0 Å². The number of methoxy groups -OCH3 is 1. The second-order valence-electron chi connectivity index (χ2n) is 9.85. The number of benzene rings is 2. The van der Waals surface area contributed by atoms with Gasteiger partial charge in [-0.3, -0.25) is 9.58 Å². The third-order valence-corrected chi connectivity index (χ3v) is 6.49. The van der Waals surface area contributed by atoms with Crippen molar-refractivity contribution in [2.75, 3.05) is 33.4 Å². The molecule has 0 spiro atoms. The number of β-amino-alcohol motifs (C(OH)–C–C–N with tert-alkyl or cyclic N) is 1. The molecule has 2 N–H and O–H groups in total. The fourth-order valence-electron chi connectivity index (χ4n) is 4.67. The molecule has 0 unspecified atom stereocenters. The third kappa shape index (κ3) is 6.57. The number of nitrogens with zero attached hydrogens (tertiary/aromatic N) is 3. The first-order chi connectivity index (χ1) is 17.2. The Hall–Kier alpha value is -3.07. The fraction of sp³-hybridized carbons (Fsp3) is 0.464. The number of rotatable bonds is 10. The molecule has 1 fully saturated rings. The van der Waals surface area contributed by atoms with Gasteiger partial charge in [-0.15, -0.1) is 0 Å². The summed E-state index contributed by atoms with van der Waals surface area (Å²) in [4.78, 5) is 2.13. The first-order valence-corrected chi connectivity index (χ1v) is 12.4. The summed E-state index contributed by atoms with van der Waals surface area (Å²) in [5.74, 6) is 2.04. The molecule has 36 heavy (non-hydrogen) atoms. The zero-order chi connectivity index (χ0) is 25.7. The standard InChI is InChI=1S/C28H37N3O5/c1-20-11-21(2)13-24(12-20)36-19-28(33)18-30(8-7-27(28)32)17-23-5-6-25(26(14-23)34-4)35-10-9-31-16-22(3)15-29-31/h5-6,11-16,27,32-33H,7-10,17-19H2,1-4H3/t27-,28-/m0/s1. The van der Waals surface area contributed by atoms with Gasteiger partial charge in [0.15, 0.2) is 11.5 Å². The minimum Gasteiger partial charge on any atom is -0.493 e. The van der Waals surface area contributed by atoms with Gasteiger partial charge < -0.3 is 24.4 Å². The summed E-state index contributed by atoms with van der Waals surface area (Å²) in [6.07, 6.45) is 3.43. The van der Waals surface area contributed by atoms with E-state index in [9.17, 15) is 10.2 Å². The van der Waals surface area contributed by atoms with Gasteiger partial charge in [-0.2, -0.15) is 5.10 Å². The summed E-state index contributed by atoms with van der Waals surface area (Å²) in [5.41, 5.74) is 3.00. The van der Waals surface area contributed by atoms with Crippen LogP contribution in [0.2, 0.25) is 0 Å². The molecule has 194 valence electrons. The highest BCUT2D eigenvalue weighted by Gasteiger charge is 2.42. The van der Waals surface area contributed by atoms with E-state index >= 15 is 0 Å². The van der Waals surface area contributed by atoms with E-state index in [2.05, 4.69) is 16.1 Å². The van der Waals surface area contributed by atoms with Crippen LogP contribution in [0.3, 0.4) is 0 Å². The molecule has 1 saturated heterocycles. The molecule has 0 amide bonds. The second kappa shape index (κ2) is 11.3. The van der Waals surface area contributed by atoms with Crippen molar-refractivity contribution in [2.24, 2.45) is 0 Å². The Morgan fingerprint density at radius 1 is 1.03 bits per heavy atom. The zero-order valence-corrected chi connectivity index (χ0v) is 21.6. The van der Waals surface area contributed by atoms with Gasteiger partial charge in [-0.1, -0.05) is 12.1 Å². The van der Waals surface area contributed by atoms with Crippen LogP contribution in [-0.4, -0.2) is 70.0 Å². The molecule has 2 heterocycles. The molecule has 0 radical (unpaired) electrons. The molecular weight excluding hydrogens is 458 g/mol. The molecule has 2 aromatic carbocycles. The SMILES string of the molecule is COc1cc(CN2CC[C@H](O)[C@@](O)(COc3cc(C)cc(C)c3)C2)ccc1OCCn1cc(C)cn1. The van der Waals surface area contributed by atoms with Crippen molar-refractivity contribution in [3.63, 3.8) is 0 Å². The maximum atomic E-state index is 11.3. The number of ether oxygens (including phenoxy) is 3. The normalized spacial score (nSPS) is 20.3. The maximum Gasteiger partial charge on any atom is 0.161 e. The Kier molecular flexibility index (Phi) is 8.18. The van der Waals surface area contributed by atoms with E-state index in [1.54, 1.807) is 7.11 Å². The molecule has 1 aromatic heterocycles. The summed E-state index contributed by atoms with van der Waals surface area (Å²) in [5, 5.41) is 26.1. The number of aromatic nitrogens is 2. The predicted octanol–water partition coefficient (Wildman–Crippen LogP) is 3.27. The Morgan fingerprint density at radius 3 is 2.50 bits per heavy atom. The number of aliphatic hydroxyl groups excluding tert-OH is 1. The van der Waals surface area contributed by atoms with Gasteiger partial charge in [0.25, 0.3) is 0 Å². The first kappa shape index (κ1) is 26.0. The number of hydrogen-bond donors (Lipinski definition) is 2. The molecule has 2 atom stereocenters. The number of likely N-dealkylation sites (tertiary alicyclic amines) is 1. The monoisotopic (exact) mass is 495 g/mol. The van der Waals surface area contributed by atoms with Crippen molar-refractivity contribution in [1.82, 2.24) is 14.7 Å². The summed E-state index contributed by atoms with van der Waals surface area (Å²) < 4.78 is 19.3. The van der Waals surface area contributed by atoms with E-state index in [0.29, 0.717) is 56.5 Å². The lowest BCUT2D eigenvalue weighted by molar-refractivity contribution is -0.140. The topological polar surface area (TPSA) is 89.2 Å². The van der Waals surface area contributed by atoms with Crippen LogP contribution in [0.5, 0.6) is 17.2 Å². The predicted molar refractivity (Wildman–Crippen MR) is 138 cm³/mol. The van der Waals surface area contributed by atoms with Gasteiger partial charge in [-0.25, -0.2) is 0 Å². The Balaban J connectivity index is 1.35. The van der Waals surface area contributed by atoms with Crippen molar-refractivity contribution in [3.8, 4) is 17.2 Å². The molecule has 0 aliphatic carbocycles. The number of aliphatic hydroxyl groups is 2. The lowest BCUT2D eigenvalue weighted by Gasteiger charge is -2.42. The highest BCUT2D eigenvalue weighted by Crippen LogP contribution is 2.30. The first-order valence-electron chi connectivity index (χ1n) is 12.4. The largest absolute Gasteiger partial charge is 0.493 e. The molecule has 8 nitrogen and oxygen atoms in total. The molecule has 0 bridgehead atoms. The van der Waals surface area contributed by atoms with E-state index in [1.165, 1.54) is 0 Å². The highest BCUT2D eigenvalue weighted by atomic mass is 16.5. The van der Waals surface area contributed by atoms with Crippen LogP contribution in [-0.2, 0) is 13.1 Å². The smallest absolute Gasteiger partial charge is 0.161 e. The minimum atomic E-state index is -1.35. The van der Waals surface area contributed by atoms with Crippen LogP contribution >= 0.6 is 0 Å². The Morgan fingerprint density at radius 2 is 1.81 bits per heavy atom. The average Bonchev–Trinajstić information content (AvgIpc) is 3.25. The van der Waals surface area contributed by atoms with Crippen molar-refractivity contribution in [2.45, 2.75) is 52.0 Å². The summed E-state index contributed by atoms with van der Waals surface area (Å²) in [7, 11) is 1.63. The average molecular weight is 496 g/mol. The molecule has 8 heteroatoms. The summed E-state index contributed by atoms with van der Waals surface area (Å²) in [6, 6.07) is 11.8. The van der Waals surface area contributed by atoms with Gasteiger partial charge in [0.2, 0.25) is 0 Å². The third-order valence-electron chi connectivity index (χ3n) is 6.49. The molecule has 4 rings (SSSR count). The Bertz CT molecular complexity index is 1140. The van der Waals surface area contributed by atoms with Crippen molar-refractivity contribution >= 4 is 0 Å². The number of hydrogen-bond acceptors (Lipinski definition) is 7. The lowest BCUT2D eigenvalue weighted by Crippen LogP contribution is -2.59. The molecular formula is C28H37N3O5. The van der Waals surface area contributed by atoms with Gasteiger partial charge in [0, 0.05) is 25.8 Å². The number of aryl methyl sites for hydroxylation is 3.